The molecule has 0 spiro atoms. The molecule has 0 aromatic rings. The van der Waals surface area contributed by atoms with Crippen molar-refractivity contribution in [3.63, 3.8) is 0 Å². The zero-order valence-corrected chi connectivity index (χ0v) is 16.6. The predicted octanol–water partition coefficient (Wildman–Crippen LogP) is 1.72. The van der Waals surface area contributed by atoms with Crippen LogP contribution in [0.1, 0.15) is 59.3 Å². The highest BCUT2D eigenvalue weighted by Gasteiger charge is 2.27. The van der Waals surface area contributed by atoms with Gasteiger partial charge in [-0.15, -0.1) is 0 Å². The molecule has 0 heterocycles. The molecule has 2 N–H and O–H groups in total. The lowest BCUT2D eigenvalue weighted by molar-refractivity contribution is 0.240. The minimum atomic E-state index is -3.06. The maximum Gasteiger partial charge on any atom is 0.314 e. The van der Waals surface area contributed by atoms with E-state index < -0.39 is 25.7 Å². The highest BCUT2D eigenvalue weighted by atomic mass is 32.2. The van der Waals surface area contributed by atoms with Gasteiger partial charge >= 0.3 is 6.03 Å². The largest absolute Gasteiger partial charge is 0.772 e. The molecule has 144 valence electrons. The maximum atomic E-state index is 11.9. The molecule has 0 fully saturated rings. The molecule has 0 aromatic heterocycles. The first-order chi connectivity index (χ1) is 11.1. The molecule has 0 aromatic carbocycles. The molecule has 0 saturated carbocycles. The third kappa shape index (κ3) is 11.8. The van der Waals surface area contributed by atoms with Gasteiger partial charge in [-0.3, -0.25) is 4.21 Å². The van der Waals surface area contributed by atoms with Gasteiger partial charge in [-0.25, -0.2) is 13.2 Å². The van der Waals surface area contributed by atoms with Crippen LogP contribution in [0, 0.1) is 0 Å². The molecule has 0 aliphatic rings. The van der Waals surface area contributed by atoms with Gasteiger partial charge in [0.1, 0.15) is 0 Å². The summed E-state index contributed by atoms with van der Waals surface area (Å²) in [5.41, 5.74) is 0. The van der Waals surface area contributed by atoms with Crippen LogP contribution in [0.5, 0.6) is 0 Å². The van der Waals surface area contributed by atoms with Gasteiger partial charge in [0.25, 0.3) is 0 Å². The van der Waals surface area contributed by atoms with Gasteiger partial charge in [-0.1, -0.05) is 23.9 Å². The van der Waals surface area contributed by atoms with Crippen molar-refractivity contribution < 1.29 is 22.0 Å². The zero-order chi connectivity index (χ0) is 18.6. The summed E-state index contributed by atoms with van der Waals surface area (Å²) in [5, 5.41) is 5.43. The molecule has 0 aliphatic heterocycles. The number of carbonyl (C=O) groups is 1. The summed E-state index contributed by atoms with van der Waals surface area (Å²) < 4.78 is 43.8. The summed E-state index contributed by atoms with van der Waals surface area (Å²) in [5.74, 6) is 0.341. The van der Waals surface area contributed by atoms with E-state index in [2.05, 4.69) is 10.6 Å². The van der Waals surface area contributed by atoms with Gasteiger partial charge in [-0.05, 0) is 46.5 Å². The number of unbranched alkanes of at least 4 members (excludes halogenated alkanes) is 4. The van der Waals surface area contributed by atoms with E-state index in [0.717, 1.165) is 25.7 Å². The Morgan fingerprint density at radius 3 is 1.92 bits per heavy atom. The molecular formula is C15H31N2O5S2-. The molecule has 7 nitrogen and oxygen atoms in total. The number of nitrogens with one attached hydrogen (secondary N) is 2. The average Bonchev–Trinajstić information content (AvgIpc) is 2.44. The zero-order valence-electron chi connectivity index (χ0n) is 14.9. The van der Waals surface area contributed by atoms with Crippen molar-refractivity contribution in [1.29, 1.82) is 0 Å². The SMILES string of the molecule is CC(C)(C)S(=O)(=O)CCCCCNC(=O)NCCCCCS(=O)[O-]. The Labute approximate surface area is 148 Å². The number of rotatable bonds is 12. The quantitative estimate of drug-likeness (QED) is 0.393. The third-order valence-electron chi connectivity index (χ3n) is 3.58. The standard InChI is InChI=1S/C15H32N2O5S2/c1-15(2,3)24(21,22)13-9-5-7-11-17-14(18)16-10-6-4-8-12-23(19)20/h4-13H2,1-3H3,(H,19,20)(H2,16,17,18)/p-1. The molecule has 9 heteroatoms. The number of amides is 2. The molecule has 24 heavy (non-hydrogen) atoms. The van der Waals surface area contributed by atoms with Crippen LogP contribution in [0.15, 0.2) is 0 Å². The second-order valence-electron chi connectivity index (χ2n) is 6.74. The predicted molar refractivity (Wildman–Crippen MR) is 96.4 cm³/mol. The summed E-state index contributed by atoms with van der Waals surface area (Å²) in [6, 6.07) is -0.246. The van der Waals surface area contributed by atoms with Crippen molar-refractivity contribution in [2.24, 2.45) is 0 Å². The monoisotopic (exact) mass is 383 g/mol. The van der Waals surface area contributed by atoms with Gasteiger partial charge in [-0.2, -0.15) is 0 Å². The number of hydrogen-bond acceptors (Lipinski definition) is 5. The lowest BCUT2D eigenvalue weighted by Crippen LogP contribution is -2.36. The summed E-state index contributed by atoms with van der Waals surface area (Å²) in [4.78, 5) is 11.5. The Kier molecular flexibility index (Phi) is 11.5. The second kappa shape index (κ2) is 11.8. The number of sulfone groups is 1. The fraction of sp³-hybridized carbons (Fsp3) is 0.933. The minimum absolute atomic E-state index is 0.164. The number of hydrogen-bond donors (Lipinski definition) is 2. The van der Waals surface area contributed by atoms with Crippen LogP contribution in [0.3, 0.4) is 0 Å². The van der Waals surface area contributed by atoms with Crippen molar-refractivity contribution >= 4 is 26.9 Å². The van der Waals surface area contributed by atoms with Crippen LogP contribution in [0.4, 0.5) is 4.79 Å². The van der Waals surface area contributed by atoms with E-state index in [1.54, 1.807) is 20.8 Å². The molecule has 0 radical (unpaired) electrons. The molecule has 0 rings (SSSR count). The molecule has 1 unspecified atom stereocenters. The normalized spacial score (nSPS) is 13.5. The fourth-order valence-electron chi connectivity index (χ4n) is 1.89. The van der Waals surface area contributed by atoms with E-state index >= 15 is 0 Å². The molecule has 1 atom stereocenters. The minimum Gasteiger partial charge on any atom is -0.772 e. The first kappa shape index (κ1) is 23.3. The van der Waals surface area contributed by atoms with Crippen LogP contribution >= 0.6 is 0 Å². The summed E-state index contributed by atoms with van der Waals surface area (Å²) >= 11 is -1.99. The topological polar surface area (TPSA) is 115 Å². The molecular weight excluding hydrogens is 352 g/mol. The summed E-state index contributed by atoms with van der Waals surface area (Å²) in [7, 11) is -3.06. The first-order valence-electron chi connectivity index (χ1n) is 8.36. The highest BCUT2D eigenvalue weighted by Crippen LogP contribution is 2.17. The first-order valence-corrected chi connectivity index (χ1v) is 11.3. The molecule has 0 aliphatic carbocycles. The van der Waals surface area contributed by atoms with Crippen molar-refractivity contribution in [2.75, 3.05) is 24.6 Å². The average molecular weight is 384 g/mol. The third-order valence-corrected chi connectivity index (χ3v) is 6.90. The van der Waals surface area contributed by atoms with Crippen LogP contribution in [-0.2, 0) is 20.9 Å². The van der Waals surface area contributed by atoms with E-state index in [9.17, 15) is 22.0 Å². The van der Waals surface area contributed by atoms with E-state index in [-0.39, 0.29) is 17.5 Å². The van der Waals surface area contributed by atoms with Crippen LogP contribution in [-0.4, -0.2) is 52.6 Å². The van der Waals surface area contributed by atoms with E-state index in [4.69, 9.17) is 0 Å². The lowest BCUT2D eigenvalue weighted by Gasteiger charge is -2.18. The second-order valence-corrected chi connectivity index (χ2v) is 10.6. The Morgan fingerprint density at radius 2 is 1.46 bits per heavy atom. The Morgan fingerprint density at radius 1 is 0.958 bits per heavy atom. The van der Waals surface area contributed by atoms with Gasteiger partial charge in [0.15, 0.2) is 9.84 Å². The van der Waals surface area contributed by atoms with E-state index in [1.165, 1.54) is 0 Å². The summed E-state index contributed by atoms with van der Waals surface area (Å²) in [6.45, 7) is 6.13. The lowest BCUT2D eigenvalue weighted by atomic mass is 10.2. The van der Waals surface area contributed by atoms with Crippen molar-refractivity contribution in [2.45, 2.75) is 64.0 Å². The Balaban J connectivity index is 3.55. The Hall–Kier alpha value is -0.670. The van der Waals surface area contributed by atoms with Gasteiger partial charge < -0.3 is 15.2 Å². The van der Waals surface area contributed by atoms with Crippen molar-refractivity contribution in [1.82, 2.24) is 10.6 Å². The van der Waals surface area contributed by atoms with E-state index in [1.807, 2.05) is 0 Å². The van der Waals surface area contributed by atoms with Gasteiger partial charge in [0.2, 0.25) is 0 Å². The van der Waals surface area contributed by atoms with Crippen LogP contribution in [0.2, 0.25) is 0 Å². The summed E-state index contributed by atoms with van der Waals surface area (Å²) in [6.07, 6.45) is 4.21. The molecule has 0 bridgehead atoms. The number of urea groups is 1. The van der Waals surface area contributed by atoms with Crippen LogP contribution < -0.4 is 10.6 Å². The van der Waals surface area contributed by atoms with Gasteiger partial charge in [0.05, 0.1) is 10.5 Å². The molecule has 2 amide bonds. The van der Waals surface area contributed by atoms with E-state index in [0.29, 0.717) is 25.9 Å². The number of carbonyl (C=O) groups excluding carboxylic acids is 1. The maximum absolute atomic E-state index is 11.9. The molecule has 0 saturated heterocycles. The van der Waals surface area contributed by atoms with Crippen molar-refractivity contribution in [3.8, 4) is 0 Å². The van der Waals surface area contributed by atoms with Crippen molar-refractivity contribution in [3.05, 3.63) is 0 Å². The smallest absolute Gasteiger partial charge is 0.314 e. The Bertz CT molecular complexity index is 487. The van der Waals surface area contributed by atoms with Crippen LogP contribution in [0.25, 0.3) is 0 Å². The van der Waals surface area contributed by atoms with Gasteiger partial charge in [0, 0.05) is 18.8 Å². The fourth-order valence-corrected chi connectivity index (χ4v) is 3.52. The highest BCUT2D eigenvalue weighted by molar-refractivity contribution is 7.92.